The number of hydrogen-bond acceptors (Lipinski definition) is 5. The molecule has 9 heteroatoms. The van der Waals surface area contributed by atoms with Crippen LogP contribution in [-0.4, -0.2) is 47.1 Å². The van der Waals surface area contributed by atoms with Crippen molar-refractivity contribution in [2.24, 2.45) is 4.99 Å². The molecular formula is C21H27F2N3O4. The van der Waals surface area contributed by atoms with Crippen LogP contribution < -0.4 is 24.8 Å². The number of rotatable bonds is 11. The number of halogens is 2. The van der Waals surface area contributed by atoms with E-state index in [0.29, 0.717) is 25.7 Å². The molecule has 30 heavy (non-hydrogen) atoms. The summed E-state index contributed by atoms with van der Waals surface area (Å²) in [5.41, 5.74) is 1.52. The third kappa shape index (κ3) is 7.75. The van der Waals surface area contributed by atoms with Gasteiger partial charge in [0.2, 0.25) is 0 Å². The minimum absolute atomic E-state index is 0.0203. The van der Waals surface area contributed by atoms with Crippen LogP contribution in [0.1, 0.15) is 12.0 Å². The molecule has 0 heterocycles. The molecule has 0 aliphatic carbocycles. The summed E-state index contributed by atoms with van der Waals surface area (Å²) < 4.78 is 45.4. The number of nitrogens with zero attached hydrogens (tertiary/aromatic N) is 1. The Morgan fingerprint density at radius 3 is 2.60 bits per heavy atom. The van der Waals surface area contributed by atoms with Gasteiger partial charge in [-0.3, -0.25) is 4.99 Å². The van der Waals surface area contributed by atoms with Crippen LogP contribution in [0.15, 0.2) is 47.5 Å². The maximum absolute atomic E-state index is 12.6. The summed E-state index contributed by atoms with van der Waals surface area (Å²) in [6, 6.07) is 12.3. The van der Waals surface area contributed by atoms with Crippen molar-refractivity contribution in [1.82, 2.24) is 5.32 Å². The number of guanidine groups is 1. The van der Waals surface area contributed by atoms with Gasteiger partial charge >= 0.3 is 6.61 Å². The number of ether oxygens (including phenoxy) is 4. The number of benzene rings is 2. The predicted molar refractivity (Wildman–Crippen MR) is 112 cm³/mol. The quantitative estimate of drug-likeness (QED) is 0.324. The molecule has 0 fully saturated rings. The fourth-order valence-corrected chi connectivity index (χ4v) is 2.58. The molecule has 0 bridgehead atoms. The molecule has 2 aromatic carbocycles. The number of alkyl halides is 2. The van der Waals surface area contributed by atoms with Gasteiger partial charge in [0.25, 0.3) is 0 Å². The lowest BCUT2D eigenvalue weighted by Gasteiger charge is -2.15. The van der Waals surface area contributed by atoms with Crippen LogP contribution in [0.25, 0.3) is 0 Å². The van der Waals surface area contributed by atoms with Gasteiger partial charge in [-0.05, 0) is 29.8 Å². The zero-order chi connectivity index (χ0) is 21.8. The van der Waals surface area contributed by atoms with Gasteiger partial charge in [-0.2, -0.15) is 8.78 Å². The van der Waals surface area contributed by atoms with Crippen LogP contribution in [-0.2, 0) is 11.3 Å². The van der Waals surface area contributed by atoms with Crippen molar-refractivity contribution in [3.63, 3.8) is 0 Å². The van der Waals surface area contributed by atoms with Crippen LogP contribution in [0.4, 0.5) is 14.5 Å². The van der Waals surface area contributed by atoms with E-state index in [-0.39, 0.29) is 11.5 Å². The van der Waals surface area contributed by atoms with E-state index in [1.54, 1.807) is 26.3 Å². The molecule has 2 aromatic rings. The summed E-state index contributed by atoms with van der Waals surface area (Å²) in [5, 5.41) is 6.30. The second kappa shape index (κ2) is 12.5. The third-order valence-corrected chi connectivity index (χ3v) is 3.99. The first-order valence-electron chi connectivity index (χ1n) is 9.37. The zero-order valence-corrected chi connectivity index (χ0v) is 17.3. The predicted octanol–water partition coefficient (Wildman–Crippen LogP) is 3.90. The normalized spacial score (nSPS) is 11.3. The SMILES string of the molecule is CN=C(NCc1ccc(OC)c(OC(F)F)c1)Nc1cccc(OCCCOC)c1. The molecule has 0 aliphatic heterocycles. The van der Waals surface area contributed by atoms with E-state index in [2.05, 4.69) is 20.4 Å². The summed E-state index contributed by atoms with van der Waals surface area (Å²) in [7, 11) is 4.69. The highest BCUT2D eigenvalue weighted by molar-refractivity contribution is 5.93. The minimum Gasteiger partial charge on any atom is -0.493 e. The molecule has 0 amide bonds. The highest BCUT2D eigenvalue weighted by Gasteiger charge is 2.11. The monoisotopic (exact) mass is 423 g/mol. The second-order valence-electron chi connectivity index (χ2n) is 6.14. The van der Waals surface area contributed by atoms with Crippen LogP contribution in [0.2, 0.25) is 0 Å². The Kier molecular flexibility index (Phi) is 9.66. The Balaban J connectivity index is 1.95. The molecule has 0 spiro atoms. The Hall–Kier alpha value is -3.07. The molecule has 0 atom stereocenters. The smallest absolute Gasteiger partial charge is 0.387 e. The van der Waals surface area contributed by atoms with Gasteiger partial charge in [0.1, 0.15) is 5.75 Å². The second-order valence-corrected chi connectivity index (χ2v) is 6.14. The number of hydrogen-bond donors (Lipinski definition) is 2. The lowest BCUT2D eigenvalue weighted by atomic mass is 10.2. The van der Waals surface area contributed by atoms with Gasteiger partial charge < -0.3 is 29.6 Å². The summed E-state index contributed by atoms with van der Waals surface area (Å²) in [6.07, 6.45) is 0.802. The molecular weight excluding hydrogens is 396 g/mol. The van der Waals surface area contributed by atoms with Crippen molar-refractivity contribution >= 4 is 11.6 Å². The molecule has 7 nitrogen and oxygen atoms in total. The lowest BCUT2D eigenvalue weighted by molar-refractivity contribution is -0.0512. The first-order valence-corrected chi connectivity index (χ1v) is 9.37. The third-order valence-electron chi connectivity index (χ3n) is 3.99. The van der Waals surface area contributed by atoms with Crippen LogP contribution in [0.5, 0.6) is 17.2 Å². The first-order chi connectivity index (χ1) is 14.5. The van der Waals surface area contributed by atoms with Gasteiger partial charge in [-0.15, -0.1) is 0 Å². The largest absolute Gasteiger partial charge is 0.493 e. The summed E-state index contributed by atoms with van der Waals surface area (Å²) in [6.45, 7) is -1.38. The number of aliphatic imine (C=N–C) groups is 1. The summed E-state index contributed by atoms with van der Waals surface area (Å²) in [5.74, 6) is 1.46. The van der Waals surface area contributed by atoms with E-state index < -0.39 is 6.61 Å². The highest BCUT2D eigenvalue weighted by Crippen LogP contribution is 2.29. The molecule has 0 saturated carbocycles. The van der Waals surface area contributed by atoms with Crippen molar-refractivity contribution in [2.45, 2.75) is 19.6 Å². The van der Waals surface area contributed by atoms with E-state index in [9.17, 15) is 8.78 Å². The van der Waals surface area contributed by atoms with Crippen molar-refractivity contribution in [2.75, 3.05) is 39.8 Å². The van der Waals surface area contributed by atoms with Crippen molar-refractivity contribution in [3.05, 3.63) is 48.0 Å². The molecule has 0 radical (unpaired) electrons. The molecule has 0 unspecified atom stereocenters. The molecule has 0 aliphatic rings. The summed E-state index contributed by atoms with van der Waals surface area (Å²) >= 11 is 0. The Morgan fingerprint density at radius 1 is 1.07 bits per heavy atom. The highest BCUT2D eigenvalue weighted by atomic mass is 19.3. The van der Waals surface area contributed by atoms with Gasteiger partial charge in [0.15, 0.2) is 17.5 Å². The minimum atomic E-state index is -2.93. The van der Waals surface area contributed by atoms with Crippen molar-refractivity contribution in [1.29, 1.82) is 0 Å². The molecule has 2 N–H and O–H groups in total. The van der Waals surface area contributed by atoms with Gasteiger partial charge in [0.05, 0.1) is 13.7 Å². The van der Waals surface area contributed by atoms with E-state index in [4.69, 9.17) is 14.2 Å². The lowest BCUT2D eigenvalue weighted by Crippen LogP contribution is -2.30. The average molecular weight is 423 g/mol. The molecule has 0 aromatic heterocycles. The number of methoxy groups -OCH3 is 2. The number of anilines is 1. The van der Waals surface area contributed by atoms with Crippen LogP contribution in [0, 0.1) is 0 Å². The Labute approximate surface area is 175 Å². The van der Waals surface area contributed by atoms with Crippen LogP contribution >= 0.6 is 0 Å². The first kappa shape index (κ1) is 23.2. The Morgan fingerprint density at radius 2 is 1.90 bits per heavy atom. The van der Waals surface area contributed by atoms with Crippen LogP contribution in [0.3, 0.4) is 0 Å². The Bertz CT molecular complexity index is 819. The maximum Gasteiger partial charge on any atom is 0.387 e. The average Bonchev–Trinajstić information content (AvgIpc) is 2.74. The van der Waals surface area contributed by atoms with Gasteiger partial charge in [0, 0.05) is 45.5 Å². The van der Waals surface area contributed by atoms with E-state index in [1.165, 1.54) is 13.2 Å². The van der Waals surface area contributed by atoms with E-state index in [0.717, 1.165) is 23.4 Å². The van der Waals surface area contributed by atoms with E-state index >= 15 is 0 Å². The molecule has 164 valence electrons. The van der Waals surface area contributed by atoms with Crippen molar-refractivity contribution in [3.8, 4) is 17.2 Å². The standard InChI is InChI=1S/C21H27F2N3O4/c1-24-21(26-16-6-4-7-17(13-16)29-11-5-10-27-2)25-14-15-8-9-18(28-3)19(12-15)30-20(22)23/h4,6-9,12-13,20H,5,10-11,14H2,1-3H3,(H2,24,25,26). The zero-order valence-electron chi connectivity index (χ0n) is 17.3. The fraction of sp³-hybridized carbons (Fsp3) is 0.381. The van der Waals surface area contributed by atoms with E-state index in [1.807, 2.05) is 24.3 Å². The summed E-state index contributed by atoms with van der Waals surface area (Å²) in [4.78, 5) is 4.18. The molecule has 0 saturated heterocycles. The fourth-order valence-electron chi connectivity index (χ4n) is 2.58. The topological polar surface area (TPSA) is 73.3 Å². The maximum atomic E-state index is 12.6. The van der Waals surface area contributed by atoms with Crippen molar-refractivity contribution < 1.29 is 27.7 Å². The van der Waals surface area contributed by atoms with Gasteiger partial charge in [-0.1, -0.05) is 12.1 Å². The molecule has 2 rings (SSSR count). The van der Waals surface area contributed by atoms with Gasteiger partial charge in [-0.25, -0.2) is 0 Å². The number of nitrogens with one attached hydrogen (secondary N) is 2.